The van der Waals surface area contributed by atoms with Crippen LogP contribution in [0.5, 0.6) is 5.75 Å². The monoisotopic (exact) mass is 529 g/mol. The topological polar surface area (TPSA) is 102 Å². The SMILES string of the molecule is CC(C)(C)OC(=O)NCc1c(N2CCCCC2)cccc1N(c1cc(Cl)cc(Cl)c1O)S(=O)O. The Hall–Kier alpha value is -2.20. The van der Waals surface area contributed by atoms with Gasteiger partial charge in [-0.3, -0.25) is 4.55 Å². The molecule has 1 unspecified atom stereocenters. The van der Waals surface area contributed by atoms with Crippen LogP contribution in [0.15, 0.2) is 30.3 Å². The lowest BCUT2D eigenvalue weighted by molar-refractivity contribution is 0.0523. The van der Waals surface area contributed by atoms with Gasteiger partial charge in [0, 0.05) is 29.4 Å². The molecule has 0 radical (unpaired) electrons. The summed E-state index contributed by atoms with van der Waals surface area (Å²) < 4.78 is 29.2. The number of phenols is 1. The molecule has 0 aromatic heterocycles. The summed E-state index contributed by atoms with van der Waals surface area (Å²) in [6.07, 6.45) is 2.55. The van der Waals surface area contributed by atoms with E-state index in [0.717, 1.165) is 42.3 Å². The van der Waals surface area contributed by atoms with Crippen LogP contribution in [0, 0.1) is 0 Å². The zero-order valence-electron chi connectivity index (χ0n) is 19.3. The Morgan fingerprint density at radius 2 is 1.85 bits per heavy atom. The van der Waals surface area contributed by atoms with Crippen molar-refractivity contribution in [1.82, 2.24) is 5.32 Å². The summed E-state index contributed by atoms with van der Waals surface area (Å²) in [6.45, 7) is 6.96. The molecule has 3 rings (SSSR count). The van der Waals surface area contributed by atoms with Crippen molar-refractivity contribution in [2.75, 3.05) is 22.3 Å². The average molecular weight is 530 g/mol. The largest absolute Gasteiger partial charge is 0.504 e. The molecule has 1 atom stereocenters. The van der Waals surface area contributed by atoms with E-state index in [9.17, 15) is 18.7 Å². The first-order valence-electron chi connectivity index (χ1n) is 10.9. The third-order valence-electron chi connectivity index (χ3n) is 5.23. The third-order valence-corrected chi connectivity index (χ3v) is 6.45. The normalized spacial score (nSPS) is 15.1. The lowest BCUT2D eigenvalue weighted by Crippen LogP contribution is -2.35. The number of nitrogens with zero attached hydrogens (tertiary/aromatic N) is 2. The molecule has 0 spiro atoms. The summed E-state index contributed by atoms with van der Waals surface area (Å²) in [4.78, 5) is 14.6. The minimum Gasteiger partial charge on any atom is -0.504 e. The van der Waals surface area contributed by atoms with Crippen LogP contribution in [0.2, 0.25) is 10.0 Å². The van der Waals surface area contributed by atoms with Crippen molar-refractivity contribution in [3.05, 3.63) is 45.9 Å². The van der Waals surface area contributed by atoms with Gasteiger partial charge in [-0.1, -0.05) is 29.3 Å². The maximum atomic E-state index is 12.6. The second-order valence-corrected chi connectivity index (χ2v) is 10.6. The van der Waals surface area contributed by atoms with E-state index in [1.807, 2.05) is 6.07 Å². The fourth-order valence-electron chi connectivity index (χ4n) is 3.85. The van der Waals surface area contributed by atoms with Crippen LogP contribution < -0.4 is 14.5 Å². The molecule has 1 aliphatic rings. The van der Waals surface area contributed by atoms with Gasteiger partial charge in [-0.05, 0) is 64.3 Å². The summed E-state index contributed by atoms with van der Waals surface area (Å²) in [5.41, 5.74) is 1.01. The Bertz CT molecular complexity index is 1070. The highest BCUT2D eigenvalue weighted by Gasteiger charge is 2.27. The van der Waals surface area contributed by atoms with Gasteiger partial charge in [-0.2, -0.15) is 0 Å². The van der Waals surface area contributed by atoms with Crippen molar-refractivity contribution in [1.29, 1.82) is 0 Å². The molecule has 1 heterocycles. The lowest BCUT2D eigenvalue weighted by atomic mass is 10.0. The lowest BCUT2D eigenvalue weighted by Gasteiger charge is -2.33. The van der Waals surface area contributed by atoms with E-state index in [2.05, 4.69) is 10.2 Å². The van der Waals surface area contributed by atoms with Gasteiger partial charge in [0.15, 0.2) is 5.75 Å². The predicted molar refractivity (Wildman–Crippen MR) is 137 cm³/mol. The minimum atomic E-state index is -2.59. The van der Waals surface area contributed by atoms with Gasteiger partial charge in [-0.25, -0.2) is 13.3 Å². The molecule has 34 heavy (non-hydrogen) atoms. The van der Waals surface area contributed by atoms with Gasteiger partial charge in [-0.15, -0.1) is 0 Å². The number of rotatable bonds is 6. The molecule has 0 bridgehead atoms. The number of halogens is 2. The van der Waals surface area contributed by atoms with Gasteiger partial charge in [0.25, 0.3) is 11.3 Å². The van der Waals surface area contributed by atoms with Crippen LogP contribution in [0.25, 0.3) is 0 Å². The molecule has 8 nitrogen and oxygen atoms in total. The van der Waals surface area contributed by atoms with Crippen molar-refractivity contribution in [2.24, 2.45) is 0 Å². The number of hydrogen-bond acceptors (Lipinski definition) is 5. The minimum absolute atomic E-state index is 0.0275. The smallest absolute Gasteiger partial charge is 0.407 e. The second kappa shape index (κ2) is 11.0. The van der Waals surface area contributed by atoms with Crippen LogP contribution >= 0.6 is 23.2 Å². The predicted octanol–water partition coefficient (Wildman–Crippen LogP) is 5.99. The molecular formula is C23H29Cl2N3O5S. The summed E-state index contributed by atoms with van der Waals surface area (Å²) in [5, 5.41) is 13.5. The Balaban J connectivity index is 2.11. The molecule has 11 heteroatoms. The van der Waals surface area contributed by atoms with Crippen LogP contribution in [0.3, 0.4) is 0 Å². The zero-order valence-corrected chi connectivity index (χ0v) is 21.6. The molecule has 1 aliphatic heterocycles. The van der Waals surface area contributed by atoms with Crippen LogP contribution in [-0.4, -0.2) is 38.7 Å². The molecule has 2 aromatic rings. The van der Waals surface area contributed by atoms with Crippen molar-refractivity contribution in [3.8, 4) is 5.75 Å². The van der Waals surface area contributed by atoms with Crippen LogP contribution in [0.4, 0.5) is 21.9 Å². The van der Waals surface area contributed by atoms with Gasteiger partial charge in [0.2, 0.25) is 0 Å². The molecule has 0 aliphatic carbocycles. The Kier molecular flexibility index (Phi) is 8.57. The summed E-state index contributed by atoms with van der Waals surface area (Å²) in [5.74, 6) is -0.386. The van der Waals surface area contributed by atoms with Gasteiger partial charge in [0.05, 0.1) is 17.3 Å². The van der Waals surface area contributed by atoms with E-state index >= 15 is 0 Å². The number of alkyl carbamates (subject to hydrolysis) is 1. The number of phenolic OH excluding ortho intramolecular Hbond substituents is 1. The van der Waals surface area contributed by atoms with Crippen molar-refractivity contribution >= 4 is 57.6 Å². The number of hydrogen-bond donors (Lipinski definition) is 3. The average Bonchev–Trinajstić information content (AvgIpc) is 2.75. The van der Waals surface area contributed by atoms with Gasteiger partial charge in [0.1, 0.15) is 11.3 Å². The zero-order chi connectivity index (χ0) is 25.0. The molecule has 0 saturated carbocycles. The number of benzene rings is 2. The highest BCUT2D eigenvalue weighted by Crippen LogP contribution is 2.43. The Labute approximate surface area is 212 Å². The van der Waals surface area contributed by atoms with E-state index in [4.69, 9.17) is 27.9 Å². The van der Waals surface area contributed by atoms with E-state index in [-0.39, 0.29) is 28.0 Å². The number of piperidine rings is 1. The molecule has 1 amide bonds. The van der Waals surface area contributed by atoms with Gasteiger partial charge >= 0.3 is 6.09 Å². The molecule has 3 N–H and O–H groups in total. The fourth-order valence-corrected chi connectivity index (χ4v) is 4.97. The van der Waals surface area contributed by atoms with E-state index in [1.54, 1.807) is 32.9 Å². The highest BCUT2D eigenvalue weighted by atomic mass is 35.5. The maximum absolute atomic E-state index is 12.6. The van der Waals surface area contributed by atoms with Crippen molar-refractivity contribution < 1.29 is 23.4 Å². The Morgan fingerprint density at radius 1 is 1.18 bits per heavy atom. The first-order chi connectivity index (χ1) is 16.0. The number of carbonyl (C=O) groups excluding carboxylic acids is 1. The molecule has 1 saturated heterocycles. The fraction of sp³-hybridized carbons (Fsp3) is 0.435. The first kappa shape index (κ1) is 26.4. The van der Waals surface area contributed by atoms with Crippen LogP contribution in [0.1, 0.15) is 45.6 Å². The van der Waals surface area contributed by atoms with Crippen LogP contribution in [-0.2, 0) is 22.5 Å². The first-order valence-corrected chi connectivity index (χ1v) is 12.7. The number of anilines is 3. The van der Waals surface area contributed by atoms with Crippen molar-refractivity contribution in [3.63, 3.8) is 0 Å². The second-order valence-electron chi connectivity index (χ2n) is 8.96. The summed E-state index contributed by atoms with van der Waals surface area (Å²) >= 11 is 9.63. The number of carbonyl (C=O) groups is 1. The van der Waals surface area contributed by atoms with Crippen molar-refractivity contribution in [2.45, 2.75) is 52.2 Å². The third kappa shape index (κ3) is 6.47. The van der Waals surface area contributed by atoms with E-state index in [0.29, 0.717) is 11.3 Å². The standard InChI is InChI=1S/C23H29Cl2N3O5S/c1-23(2,3)33-22(30)26-14-16-18(27-10-5-4-6-11-27)8-7-9-19(16)28(34(31)32)20-13-15(24)12-17(25)21(20)29/h7-9,12-13,29H,4-6,10-11,14H2,1-3H3,(H,26,30)(H,31,32). The number of nitrogens with one attached hydrogen (secondary N) is 1. The van der Waals surface area contributed by atoms with Gasteiger partial charge < -0.3 is 20.1 Å². The number of ether oxygens (including phenoxy) is 1. The maximum Gasteiger partial charge on any atom is 0.407 e. The van der Waals surface area contributed by atoms with E-state index in [1.165, 1.54) is 12.1 Å². The summed E-state index contributed by atoms with van der Waals surface area (Å²) in [7, 11) is 0. The Morgan fingerprint density at radius 3 is 2.47 bits per heavy atom. The molecular weight excluding hydrogens is 501 g/mol. The molecule has 2 aromatic carbocycles. The molecule has 1 fully saturated rings. The quantitative estimate of drug-likeness (QED) is 0.397. The summed E-state index contributed by atoms with van der Waals surface area (Å²) in [6, 6.07) is 8.01. The number of aromatic hydroxyl groups is 1. The number of amides is 1. The highest BCUT2D eigenvalue weighted by molar-refractivity contribution is 7.81. The molecule has 186 valence electrons. The van der Waals surface area contributed by atoms with E-state index < -0.39 is 23.0 Å².